The maximum Gasteiger partial charge on any atom is 0.0703 e. The first-order chi connectivity index (χ1) is 22.9. The van der Waals surface area contributed by atoms with E-state index in [-0.39, 0.29) is 0 Å². The van der Waals surface area contributed by atoms with Gasteiger partial charge in [0.15, 0.2) is 0 Å². The molecule has 0 aromatic rings. The average molecular weight is 642 g/mol. The molecule has 0 fully saturated rings. The summed E-state index contributed by atoms with van der Waals surface area (Å²) < 4.78 is 0. The summed E-state index contributed by atoms with van der Waals surface area (Å²) in [5.74, 6) is 1.20. The maximum atomic E-state index is 5.40. The Labute approximate surface area is 291 Å². The Hall–Kier alpha value is -2.94. The molecule has 2 atom stereocenters. The summed E-state index contributed by atoms with van der Waals surface area (Å²) in [4.78, 5) is 10.6. The monoisotopic (exact) mass is 642 g/mol. The van der Waals surface area contributed by atoms with Crippen LogP contribution in [0, 0.1) is 11.8 Å². The van der Waals surface area contributed by atoms with Crippen LogP contribution in [-0.2, 0) is 0 Å². The van der Waals surface area contributed by atoms with Crippen LogP contribution < -0.4 is 5.32 Å². The van der Waals surface area contributed by atoms with Crippen molar-refractivity contribution >= 4 is 11.4 Å². The van der Waals surface area contributed by atoms with Crippen LogP contribution in [0.2, 0.25) is 0 Å². The second-order valence-corrected chi connectivity index (χ2v) is 12.0. The van der Waals surface area contributed by atoms with E-state index in [1.807, 2.05) is 41.5 Å². The normalized spacial score (nSPS) is 25.0. The van der Waals surface area contributed by atoms with Crippen molar-refractivity contribution in [3.8, 4) is 0 Å². The van der Waals surface area contributed by atoms with Crippen molar-refractivity contribution in [1.82, 2.24) is 5.32 Å². The lowest BCUT2D eigenvalue weighted by atomic mass is 9.87. The van der Waals surface area contributed by atoms with Crippen molar-refractivity contribution in [3.05, 3.63) is 92.7 Å². The molecule has 3 heterocycles. The van der Waals surface area contributed by atoms with E-state index in [0.29, 0.717) is 11.8 Å². The molecular formula is C44H71N3. The lowest BCUT2D eigenvalue weighted by Crippen LogP contribution is -2.11. The molecule has 1 N–H and O–H groups in total. The molecule has 0 aromatic heterocycles. The number of aliphatic imine (C=N–C) groups is 2. The van der Waals surface area contributed by atoms with Gasteiger partial charge in [0.1, 0.15) is 0 Å². The molecule has 6 bridgehead atoms. The first-order valence-electron chi connectivity index (χ1n) is 19.5. The molecule has 1 aliphatic carbocycles. The Kier molecular flexibility index (Phi) is 20.2. The second-order valence-electron chi connectivity index (χ2n) is 12.0. The molecule has 47 heavy (non-hydrogen) atoms. The zero-order chi connectivity index (χ0) is 35.5. The fourth-order valence-electron chi connectivity index (χ4n) is 6.77. The number of nitrogens with zero attached hydrogens (tertiary/aromatic N) is 2. The van der Waals surface area contributed by atoms with Gasteiger partial charge in [0, 0.05) is 11.4 Å². The molecular weight excluding hydrogens is 571 g/mol. The summed E-state index contributed by atoms with van der Waals surface area (Å²) in [7, 11) is 0. The summed E-state index contributed by atoms with van der Waals surface area (Å²) in [6.07, 6.45) is 24.7. The molecule has 0 amide bonds. The van der Waals surface area contributed by atoms with E-state index in [4.69, 9.17) is 9.98 Å². The summed E-state index contributed by atoms with van der Waals surface area (Å²) in [5.41, 5.74) is 15.6. The number of fused-ring (bicyclic) bond motifs is 4. The molecule has 0 saturated heterocycles. The quantitative estimate of drug-likeness (QED) is 0.295. The van der Waals surface area contributed by atoms with E-state index >= 15 is 0 Å². The van der Waals surface area contributed by atoms with Crippen molar-refractivity contribution < 1.29 is 0 Å². The minimum absolute atomic E-state index is 0.563. The van der Waals surface area contributed by atoms with Crippen LogP contribution in [0.25, 0.3) is 0 Å². The van der Waals surface area contributed by atoms with Crippen LogP contribution in [0.5, 0.6) is 0 Å². The third-order valence-corrected chi connectivity index (χ3v) is 9.38. The van der Waals surface area contributed by atoms with Gasteiger partial charge >= 0.3 is 0 Å². The van der Waals surface area contributed by atoms with E-state index < -0.39 is 0 Å². The van der Waals surface area contributed by atoms with E-state index in [9.17, 15) is 0 Å². The molecule has 3 aliphatic heterocycles. The fourth-order valence-corrected chi connectivity index (χ4v) is 6.77. The van der Waals surface area contributed by atoms with Gasteiger partial charge in [-0.2, -0.15) is 0 Å². The summed E-state index contributed by atoms with van der Waals surface area (Å²) in [5, 5.41) is 3.78. The zero-order valence-electron chi connectivity index (χ0n) is 33.1. The number of hydrogen-bond acceptors (Lipinski definition) is 3. The summed E-state index contributed by atoms with van der Waals surface area (Å²) in [6.45, 7) is 30.3. The van der Waals surface area contributed by atoms with Crippen LogP contribution in [-0.4, -0.2) is 11.4 Å². The number of rotatable bonds is 7. The summed E-state index contributed by atoms with van der Waals surface area (Å²) in [6, 6.07) is 0. The molecule has 0 spiro atoms. The van der Waals surface area contributed by atoms with Crippen LogP contribution in [0.15, 0.2) is 103 Å². The minimum Gasteiger partial charge on any atom is -0.356 e. The molecule has 262 valence electrons. The average Bonchev–Trinajstić information content (AvgIpc) is 3.78. The molecule has 4 aliphatic rings. The van der Waals surface area contributed by atoms with Crippen molar-refractivity contribution in [2.45, 2.75) is 161 Å². The van der Waals surface area contributed by atoms with Gasteiger partial charge in [0.2, 0.25) is 0 Å². The SMILES string of the molecule is CC.CC.CC.CC/C=C1\C=C2N=C(C=C/2CC)/C=C(\[C@@H](C)CC)CCC2CCC(=C2C)C2=N/C(=C\C(=C/CC)N1)C(CC)=C2CC. The van der Waals surface area contributed by atoms with Gasteiger partial charge in [0.05, 0.1) is 22.8 Å². The summed E-state index contributed by atoms with van der Waals surface area (Å²) >= 11 is 0. The smallest absolute Gasteiger partial charge is 0.0703 e. The van der Waals surface area contributed by atoms with Gasteiger partial charge < -0.3 is 5.32 Å². The number of hydrogen-bond donors (Lipinski definition) is 1. The highest BCUT2D eigenvalue weighted by Gasteiger charge is 2.31. The highest BCUT2D eigenvalue weighted by molar-refractivity contribution is 6.16. The minimum atomic E-state index is 0.563. The van der Waals surface area contributed by atoms with Crippen molar-refractivity contribution in [2.24, 2.45) is 21.8 Å². The first kappa shape index (κ1) is 42.1. The van der Waals surface area contributed by atoms with E-state index in [1.54, 1.807) is 11.1 Å². The van der Waals surface area contributed by atoms with Gasteiger partial charge in [-0.3, -0.25) is 0 Å². The topological polar surface area (TPSA) is 36.8 Å². The van der Waals surface area contributed by atoms with Gasteiger partial charge in [-0.1, -0.05) is 113 Å². The highest BCUT2D eigenvalue weighted by atomic mass is 14.9. The van der Waals surface area contributed by atoms with Gasteiger partial charge in [-0.05, 0) is 130 Å². The van der Waals surface area contributed by atoms with Gasteiger partial charge in [-0.25, -0.2) is 9.98 Å². The maximum absolute atomic E-state index is 5.40. The predicted octanol–water partition coefficient (Wildman–Crippen LogP) is 13.9. The standard InChI is InChI=1S/C38H53N3.3C2H6/c1-9-15-30-23-36-27(12-4)21-32(40-36)22-29(25(7)11-3)18-17-28-19-20-35(26(28)8)38-34(14-6)33(13-5)37(41-38)24-31(39-30)16-10-2;3*1-2/h15-16,21-25,28,39H,9-14,17-20H2,1-8H3;3*1-2H3/b29-22-,30-15+,31-16+,36-23-,37-24-;;;/t25-,28?;;;/m0.../s1. The Bertz CT molecular complexity index is 1330. The Morgan fingerprint density at radius 3 is 1.83 bits per heavy atom. The molecule has 4 rings (SSSR count). The molecule has 0 saturated carbocycles. The van der Waals surface area contributed by atoms with Crippen LogP contribution in [0.1, 0.15) is 161 Å². The Morgan fingerprint density at radius 1 is 0.723 bits per heavy atom. The van der Waals surface area contributed by atoms with E-state index in [0.717, 1.165) is 79.9 Å². The zero-order valence-corrected chi connectivity index (χ0v) is 33.1. The fraction of sp³-hybridized carbons (Fsp3) is 0.591. The number of allylic oxidation sites excluding steroid dienone is 12. The third kappa shape index (κ3) is 11.0. The molecule has 3 heteroatoms. The highest BCUT2D eigenvalue weighted by Crippen LogP contribution is 2.42. The number of nitrogens with one attached hydrogen (secondary N) is 1. The second kappa shape index (κ2) is 22.6. The third-order valence-electron chi connectivity index (χ3n) is 9.38. The lowest BCUT2D eigenvalue weighted by molar-refractivity contribution is 0.523. The van der Waals surface area contributed by atoms with E-state index in [1.165, 1.54) is 40.8 Å². The lowest BCUT2D eigenvalue weighted by Gasteiger charge is -2.18. The van der Waals surface area contributed by atoms with Crippen molar-refractivity contribution in [3.63, 3.8) is 0 Å². The largest absolute Gasteiger partial charge is 0.356 e. The van der Waals surface area contributed by atoms with Gasteiger partial charge in [0.25, 0.3) is 0 Å². The first-order valence-corrected chi connectivity index (χ1v) is 19.5. The van der Waals surface area contributed by atoms with E-state index in [2.05, 4.69) is 97.2 Å². The Morgan fingerprint density at radius 2 is 1.30 bits per heavy atom. The molecule has 1 unspecified atom stereocenters. The Balaban J connectivity index is 0.00000174. The van der Waals surface area contributed by atoms with Crippen LogP contribution in [0.3, 0.4) is 0 Å². The predicted molar refractivity (Wildman–Crippen MR) is 213 cm³/mol. The molecule has 0 radical (unpaired) electrons. The molecule has 0 aromatic carbocycles. The van der Waals surface area contributed by atoms with Crippen molar-refractivity contribution in [2.75, 3.05) is 0 Å². The van der Waals surface area contributed by atoms with Gasteiger partial charge in [-0.15, -0.1) is 0 Å². The molecule has 3 nitrogen and oxygen atoms in total. The van der Waals surface area contributed by atoms with Crippen LogP contribution >= 0.6 is 0 Å². The van der Waals surface area contributed by atoms with Crippen LogP contribution in [0.4, 0.5) is 0 Å². The van der Waals surface area contributed by atoms with Crippen molar-refractivity contribution in [1.29, 1.82) is 0 Å².